The summed E-state index contributed by atoms with van der Waals surface area (Å²) in [6, 6.07) is 23.4. The number of para-hydroxylation sites is 3. The zero-order valence-electron chi connectivity index (χ0n) is 37.3. The minimum Gasteiger partial charge on any atom is -0.491 e. The molecule has 11 heteroatoms. The van der Waals surface area contributed by atoms with Crippen molar-refractivity contribution in [2.45, 2.75) is 66.4 Å². The summed E-state index contributed by atoms with van der Waals surface area (Å²) in [5.74, 6) is 2.83. The lowest BCUT2D eigenvalue weighted by molar-refractivity contribution is -0.138. The summed E-state index contributed by atoms with van der Waals surface area (Å²) < 4.78 is 61.0. The molecule has 0 unspecified atom stereocenters. The van der Waals surface area contributed by atoms with Crippen LogP contribution in [0.5, 0.6) is 23.0 Å². The number of carbonyl (C=O) groups is 1. The van der Waals surface area contributed by atoms with Crippen LogP contribution in [0.25, 0.3) is 0 Å². The van der Waals surface area contributed by atoms with Gasteiger partial charge in [0.2, 0.25) is 0 Å². The molecule has 4 aromatic carbocycles. The number of hydrogen-bond acceptors (Lipinski definition) is 11. The van der Waals surface area contributed by atoms with Crippen LogP contribution in [0.15, 0.2) is 79.4 Å². The summed E-state index contributed by atoms with van der Waals surface area (Å²) in [6.07, 6.45) is 3.92. The summed E-state index contributed by atoms with van der Waals surface area (Å²) in [7, 11) is 0. The molecule has 0 atom stereocenters. The lowest BCUT2D eigenvalue weighted by Crippen LogP contribution is -2.14. The summed E-state index contributed by atoms with van der Waals surface area (Å²) in [5, 5.41) is 0. The average Bonchev–Trinajstić information content (AvgIpc) is 3.27. The number of carbonyl (C=O) groups excluding carboxylic acids is 1. The van der Waals surface area contributed by atoms with E-state index in [2.05, 4.69) is 73.3 Å². The largest absolute Gasteiger partial charge is 0.491 e. The first-order chi connectivity index (χ1) is 30.5. The van der Waals surface area contributed by atoms with Crippen molar-refractivity contribution in [3.63, 3.8) is 0 Å². The fraction of sp³-hybridized carbons (Fsp3) is 0.471. The van der Waals surface area contributed by atoms with E-state index in [0.717, 1.165) is 73.1 Å². The molecule has 0 saturated carbocycles. The number of benzene rings is 4. The van der Waals surface area contributed by atoms with Gasteiger partial charge in [0.15, 0.2) is 0 Å². The van der Waals surface area contributed by atoms with Crippen LogP contribution in [-0.2, 0) is 65.5 Å². The quantitative estimate of drug-likeness (QED) is 0.0288. The predicted molar refractivity (Wildman–Crippen MR) is 240 cm³/mol. The molecule has 0 heterocycles. The second-order valence-corrected chi connectivity index (χ2v) is 14.6. The highest BCUT2D eigenvalue weighted by Crippen LogP contribution is 2.39. The minimum absolute atomic E-state index is 0.253. The van der Waals surface area contributed by atoms with Gasteiger partial charge in [-0.3, -0.25) is 0 Å². The lowest BCUT2D eigenvalue weighted by Gasteiger charge is -2.23. The number of hydrogen-bond donors (Lipinski definition) is 0. The molecule has 62 heavy (non-hydrogen) atoms. The second kappa shape index (κ2) is 27.2. The molecule has 8 bridgehead atoms. The van der Waals surface area contributed by atoms with Crippen LogP contribution in [0.4, 0.5) is 0 Å². The fourth-order valence-electron chi connectivity index (χ4n) is 7.45. The normalized spacial score (nSPS) is 12.1. The van der Waals surface area contributed by atoms with Gasteiger partial charge in [0.25, 0.3) is 0 Å². The Morgan fingerprint density at radius 2 is 0.806 bits per heavy atom. The maximum absolute atomic E-state index is 11.6. The standard InChI is InChI=1S/C51H66O11/c1-6-47(52)58-22-14-21-57-37-38-31-45-35-43-19-12-17-41(49(43)60-28-24-54-8-3)33-39-15-11-16-40(48(39)59-27-23-53-7-2)34-42-18-13-20-44(50(42)61-29-25-55-9-4)36-46(32-38)51(45)62-30-26-56-10-5/h6,11-13,15-20,31-32H,1,7-10,14,21-30,33-37H2,2-5H3. The van der Waals surface area contributed by atoms with Gasteiger partial charge in [0, 0.05) is 64.6 Å². The molecule has 1 aliphatic carbocycles. The molecule has 5 rings (SSSR count). The van der Waals surface area contributed by atoms with Crippen molar-refractivity contribution in [2.24, 2.45) is 0 Å². The summed E-state index contributed by atoms with van der Waals surface area (Å²) in [4.78, 5) is 11.6. The van der Waals surface area contributed by atoms with Gasteiger partial charge in [0.1, 0.15) is 49.4 Å². The maximum atomic E-state index is 11.6. The number of esters is 1. The van der Waals surface area contributed by atoms with E-state index in [4.69, 9.17) is 47.4 Å². The van der Waals surface area contributed by atoms with Crippen molar-refractivity contribution in [1.29, 1.82) is 0 Å². The molecular weight excluding hydrogens is 789 g/mol. The topological polar surface area (TPSA) is 109 Å². The first-order valence-corrected chi connectivity index (χ1v) is 22.1. The minimum atomic E-state index is -0.444. The molecule has 0 saturated heterocycles. The molecule has 0 fully saturated rings. The van der Waals surface area contributed by atoms with E-state index in [1.165, 1.54) is 6.08 Å². The van der Waals surface area contributed by atoms with Crippen molar-refractivity contribution in [2.75, 3.05) is 92.5 Å². The Labute approximate surface area is 368 Å². The summed E-state index contributed by atoms with van der Waals surface area (Å²) in [6.45, 7) is 18.3. The lowest BCUT2D eigenvalue weighted by atomic mass is 9.90. The Morgan fingerprint density at radius 1 is 0.468 bits per heavy atom. The Balaban J connectivity index is 1.68. The van der Waals surface area contributed by atoms with E-state index >= 15 is 0 Å². The van der Waals surface area contributed by atoms with Crippen LogP contribution in [-0.4, -0.2) is 98.5 Å². The number of rotatable bonds is 27. The van der Waals surface area contributed by atoms with Crippen LogP contribution in [0.1, 0.15) is 84.2 Å². The fourth-order valence-corrected chi connectivity index (χ4v) is 7.45. The van der Waals surface area contributed by atoms with Gasteiger partial charge in [-0.05, 0) is 89.9 Å². The molecule has 0 radical (unpaired) electrons. The van der Waals surface area contributed by atoms with Gasteiger partial charge < -0.3 is 47.4 Å². The van der Waals surface area contributed by atoms with Crippen molar-refractivity contribution >= 4 is 5.97 Å². The monoisotopic (exact) mass is 854 g/mol. The average molecular weight is 855 g/mol. The SMILES string of the molecule is C=CC(=O)OCCCOCc1cc2c(OCCOCC)c(c1)Cc1cccc(c1OCCOCC)Cc1cccc(c1OCCOCC)Cc1cccc(c1OCCOCC)C2. The van der Waals surface area contributed by atoms with E-state index in [9.17, 15) is 4.79 Å². The molecule has 0 N–H and O–H groups in total. The van der Waals surface area contributed by atoms with E-state index in [1.54, 1.807) is 0 Å². The smallest absolute Gasteiger partial charge is 0.330 e. The van der Waals surface area contributed by atoms with Gasteiger partial charge in [-0.2, -0.15) is 0 Å². The Hall–Kier alpha value is -4.91. The Bertz CT molecular complexity index is 1870. The van der Waals surface area contributed by atoms with Gasteiger partial charge in [-0.25, -0.2) is 4.79 Å². The first kappa shape index (κ1) is 48.1. The van der Waals surface area contributed by atoms with Gasteiger partial charge in [0.05, 0.1) is 46.2 Å². The molecule has 4 aromatic rings. The van der Waals surface area contributed by atoms with Crippen LogP contribution in [0, 0.1) is 0 Å². The van der Waals surface area contributed by atoms with Crippen LogP contribution < -0.4 is 18.9 Å². The van der Waals surface area contributed by atoms with Crippen molar-refractivity contribution in [3.8, 4) is 23.0 Å². The van der Waals surface area contributed by atoms with Gasteiger partial charge in [-0.1, -0.05) is 61.2 Å². The molecule has 336 valence electrons. The van der Waals surface area contributed by atoms with Crippen molar-refractivity contribution in [3.05, 3.63) is 129 Å². The first-order valence-electron chi connectivity index (χ1n) is 22.1. The Morgan fingerprint density at radius 3 is 1.15 bits per heavy atom. The van der Waals surface area contributed by atoms with Gasteiger partial charge >= 0.3 is 5.97 Å². The highest BCUT2D eigenvalue weighted by molar-refractivity contribution is 5.81. The zero-order valence-corrected chi connectivity index (χ0v) is 37.3. The molecule has 0 aliphatic heterocycles. The summed E-state index contributed by atoms with van der Waals surface area (Å²) in [5.41, 5.74) is 9.19. The third-order valence-electron chi connectivity index (χ3n) is 10.2. The van der Waals surface area contributed by atoms with Gasteiger partial charge in [-0.15, -0.1) is 0 Å². The van der Waals surface area contributed by atoms with Crippen LogP contribution >= 0.6 is 0 Å². The molecule has 0 amide bonds. The zero-order chi connectivity index (χ0) is 43.8. The van der Waals surface area contributed by atoms with E-state index in [0.29, 0.717) is 125 Å². The third kappa shape index (κ3) is 14.9. The van der Waals surface area contributed by atoms with E-state index in [1.807, 2.05) is 27.7 Å². The molecule has 11 nitrogen and oxygen atoms in total. The van der Waals surface area contributed by atoms with Crippen LogP contribution in [0.3, 0.4) is 0 Å². The molecule has 0 aromatic heterocycles. The molecule has 1 aliphatic rings. The highest BCUT2D eigenvalue weighted by atomic mass is 16.5. The molecular formula is C51H66O11. The number of fused-ring (bicyclic) bond motifs is 8. The van der Waals surface area contributed by atoms with E-state index in [-0.39, 0.29) is 6.61 Å². The molecule has 0 spiro atoms. The van der Waals surface area contributed by atoms with E-state index < -0.39 is 5.97 Å². The van der Waals surface area contributed by atoms with Crippen LogP contribution in [0.2, 0.25) is 0 Å². The third-order valence-corrected chi connectivity index (χ3v) is 10.2. The predicted octanol–water partition coefficient (Wildman–Crippen LogP) is 8.66. The maximum Gasteiger partial charge on any atom is 0.330 e. The number of ether oxygens (including phenoxy) is 10. The van der Waals surface area contributed by atoms with Crippen molar-refractivity contribution < 1.29 is 52.2 Å². The summed E-state index contributed by atoms with van der Waals surface area (Å²) >= 11 is 0. The second-order valence-electron chi connectivity index (χ2n) is 14.6. The Kier molecular flexibility index (Phi) is 21.1. The highest BCUT2D eigenvalue weighted by Gasteiger charge is 2.23. The van der Waals surface area contributed by atoms with Crippen molar-refractivity contribution in [1.82, 2.24) is 0 Å².